The molecule has 0 saturated heterocycles. The van der Waals surface area contributed by atoms with Gasteiger partial charge in [-0.15, -0.1) is 11.3 Å². The van der Waals surface area contributed by atoms with Gasteiger partial charge in [0.05, 0.1) is 16.9 Å². The number of hydrogen-bond donors (Lipinski definition) is 2. The Bertz CT molecular complexity index is 817. The Morgan fingerprint density at radius 3 is 2.60 bits per heavy atom. The first-order valence-corrected chi connectivity index (χ1v) is 10.4. The second-order valence-corrected chi connectivity index (χ2v) is 8.36. The molecular formula is C17H22N2O4S2. The quantitative estimate of drug-likeness (QED) is 0.687. The van der Waals surface area contributed by atoms with Crippen LogP contribution in [0.4, 0.5) is 11.4 Å². The highest BCUT2D eigenvalue weighted by Crippen LogP contribution is 2.30. The van der Waals surface area contributed by atoms with Crippen molar-refractivity contribution in [2.75, 3.05) is 22.7 Å². The maximum absolute atomic E-state index is 12.6. The van der Waals surface area contributed by atoms with Gasteiger partial charge in [0.1, 0.15) is 4.21 Å². The van der Waals surface area contributed by atoms with Crippen molar-refractivity contribution in [1.29, 1.82) is 0 Å². The number of thiophene rings is 1. The Morgan fingerprint density at radius 2 is 2.04 bits per heavy atom. The third-order valence-corrected chi connectivity index (χ3v) is 6.51. The minimum absolute atomic E-state index is 0.0409. The number of hydrogen-bond acceptors (Lipinski definition) is 5. The minimum atomic E-state index is -3.75. The summed E-state index contributed by atoms with van der Waals surface area (Å²) in [5, 5.41) is 10.9. The van der Waals surface area contributed by atoms with Gasteiger partial charge in [-0.05, 0) is 43.0 Å². The number of rotatable bonds is 9. The van der Waals surface area contributed by atoms with Gasteiger partial charge < -0.3 is 10.0 Å². The number of carbonyl (C=O) groups is 1. The molecule has 2 rings (SSSR count). The van der Waals surface area contributed by atoms with E-state index < -0.39 is 16.0 Å². The molecule has 0 bridgehead atoms. The van der Waals surface area contributed by atoms with E-state index in [1.54, 1.807) is 17.5 Å². The van der Waals surface area contributed by atoms with Crippen LogP contribution in [0.1, 0.15) is 37.0 Å². The number of carboxylic acid groups (broad SMARTS) is 1. The SMILES string of the molecule is CCCCN(CC)c1ccc(C(=O)O)cc1NS(=O)(=O)c1cccs1. The van der Waals surface area contributed by atoms with E-state index in [1.807, 2.05) is 11.8 Å². The molecule has 0 saturated carbocycles. The van der Waals surface area contributed by atoms with E-state index in [0.717, 1.165) is 30.7 Å². The van der Waals surface area contributed by atoms with Crippen molar-refractivity contribution < 1.29 is 18.3 Å². The van der Waals surface area contributed by atoms with Gasteiger partial charge in [0.2, 0.25) is 0 Å². The first kappa shape index (κ1) is 19.3. The summed E-state index contributed by atoms with van der Waals surface area (Å²) >= 11 is 1.11. The first-order chi connectivity index (χ1) is 11.9. The third-order valence-electron chi connectivity index (χ3n) is 3.75. The topological polar surface area (TPSA) is 86.7 Å². The molecule has 2 N–H and O–H groups in total. The van der Waals surface area contributed by atoms with Crippen LogP contribution in [0.15, 0.2) is 39.9 Å². The number of nitrogens with zero attached hydrogens (tertiary/aromatic N) is 1. The molecule has 6 nitrogen and oxygen atoms in total. The molecule has 1 heterocycles. The van der Waals surface area contributed by atoms with Crippen LogP contribution in [0.5, 0.6) is 0 Å². The van der Waals surface area contributed by atoms with E-state index in [4.69, 9.17) is 0 Å². The maximum Gasteiger partial charge on any atom is 0.335 e. The summed E-state index contributed by atoms with van der Waals surface area (Å²) in [5.74, 6) is -1.10. The monoisotopic (exact) mass is 382 g/mol. The van der Waals surface area contributed by atoms with Crippen molar-refractivity contribution in [3.8, 4) is 0 Å². The van der Waals surface area contributed by atoms with Crippen LogP contribution in [0.3, 0.4) is 0 Å². The summed E-state index contributed by atoms with van der Waals surface area (Å²) in [6.45, 7) is 5.54. The van der Waals surface area contributed by atoms with Crippen molar-refractivity contribution in [3.05, 3.63) is 41.3 Å². The molecule has 0 amide bonds. The van der Waals surface area contributed by atoms with Crippen LogP contribution in [0.2, 0.25) is 0 Å². The van der Waals surface area contributed by atoms with Crippen molar-refractivity contribution in [2.45, 2.75) is 30.9 Å². The number of carboxylic acids is 1. The lowest BCUT2D eigenvalue weighted by molar-refractivity contribution is 0.0697. The fraction of sp³-hybridized carbons (Fsp3) is 0.353. The van der Waals surface area contributed by atoms with Gasteiger partial charge in [0.15, 0.2) is 0 Å². The zero-order chi connectivity index (χ0) is 18.4. The van der Waals surface area contributed by atoms with Gasteiger partial charge in [-0.2, -0.15) is 0 Å². The molecule has 0 unspecified atom stereocenters. The van der Waals surface area contributed by atoms with Crippen LogP contribution in [-0.4, -0.2) is 32.6 Å². The van der Waals surface area contributed by atoms with Crippen LogP contribution in [-0.2, 0) is 10.0 Å². The predicted octanol–water partition coefficient (Wildman–Crippen LogP) is 3.87. The Morgan fingerprint density at radius 1 is 1.28 bits per heavy atom. The zero-order valence-electron chi connectivity index (χ0n) is 14.2. The zero-order valence-corrected chi connectivity index (χ0v) is 15.9. The molecule has 1 aromatic heterocycles. The molecule has 0 atom stereocenters. The number of anilines is 2. The van der Waals surface area contributed by atoms with Crippen LogP contribution < -0.4 is 9.62 Å². The van der Waals surface area contributed by atoms with Gasteiger partial charge in [0, 0.05) is 13.1 Å². The Balaban J connectivity index is 2.45. The molecule has 0 aliphatic rings. The van der Waals surface area contributed by atoms with E-state index in [-0.39, 0.29) is 15.5 Å². The molecule has 8 heteroatoms. The number of sulfonamides is 1. The molecular weight excluding hydrogens is 360 g/mol. The van der Waals surface area contributed by atoms with Crippen molar-refractivity contribution in [2.24, 2.45) is 0 Å². The van der Waals surface area contributed by atoms with Gasteiger partial charge in [-0.25, -0.2) is 13.2 Å². The van der Waals surface area contributed by atoms with Crippen molar-refractivity contribution in [1.82, 2.24) is 0 Å². The third kappa shape index (κ3) is 4.73. The van der Waals surface area contributed by atoms with E-state index in [0.29, 0.717) is 12.2 Å². The Kier molecular flexibility index (Phi) is 6.44. The number of benzene rings is 1. The Labute approximate surface area is 152 Å². The second-order valence-electron chi connectivity index (χ2n) is 5.51. The van der Waals surface area contributed by atoms with Gasteiger partial charge in [-0.3, -0.25) is 4.72 Å². The fourth-order valence-electron chi connectivity index (χ4n) is 2.44. The highest BCUT2D eigenvalue weighted by Gasteiger charge is 2.20. The molecule has 25 heavy (non-hydrogen) atoms. The normalized spacial score (nSPS) is 11.3. The summed E-state index contributed by atoms with van der Waals surface area (Å²) in [4.78, 5) is 13.3. The first-order valence-electron chi connectivity index (χ1n) is 8.07. The molecule has 1 aromatic carbocycles. The smallest absolute Gasteiger partial charge is 0.335 e. The lowest BCUT2D eigenvalue weighted by Crippen LogP contribution is -2.26. The second kappa shape index (κ2) is 8.35. The molecule has 0 fully saturated rings. The maximum atomic E-state index is 12.6. The molecule has 2 aromatic rings. The summed E-state index contributed by atoms with van der Waals surface area (Å²) in [7, 11) is -3.75. The lowest BCUT2D eigenvalue weighted by atomic mass is 10.1. The predicted molar refractivity (Wildman–Crippen MR) is 101 cm³/mol. The van der Waals surface area contributed by atoms with Crippen LogP contribution in [0.25, 0.3) is 0 Å². The van der Waals surface area contributed by atoms with E-state index in [2.05, 4.69) is 11.6 Å². The molecule has 0 radical (unpaired) electrons. The average molecular weight is 383 g/mol. The molecule has 0 aliphatic carbocycles. The summed E-state index contributed by atoms with van der Waals surface area (Å²) in [5.41, 5.74) is 1.01. The highest BCUT2D eigenvalue weighted by molar-refractivity contribution is 7.94. The fourth-order valence-corrected chi connectivity index (χ4v) is 4.49. The number of aromatic carboxylic acids is 1. The number of unbranched alkanes of at least 4 members (excludes halogenated alkanes) is 1. The minimum Gasteiger partial charge on any atom is -0.478 e. The molecule has 0 aliphatic heterocycles. The van der Waals surface area contributed by atoms with Gasteiger partial charge >= 0.3 is 5.97 Å². The average Bonchev–Trinajstić information content (AvgIpc) is 3.11. The Hall–Kier alpha value is -2.06. The highest BCUT2D eigenvalue weighted by atomic mass is 32.2. The summed E-state index contributed by atoms with van der Waals surface area (Å²) < 4.78 is 27.9. The summed E-state index contributed by atoms with van der Waals surface area (Å²) in [6, 6.07) is 7.71. The largest absolute Gasteiger partial charge is 0.478 e. The van der Waals surface area contributed by atoms with E-state index in [9.17, 15) is 18.3 Å². The molecule has 136 valence electrons. The van der Waals surface area contributed by atoms with Gasteiger partial charge in [-0.1, -0.05) is 19.4 Å². The number of nitrogens with one attached hydrogen (secondary N) is 1. The van der Waals surface area contributed by atoms with Gasteiger partial charge in [0.25, 0.3) is 10.0 Å². The van der Waals surface area contributed by atoms with Crippen LogP contribution >= 0.6 is 11.3 Å². The van der Waals surface area contributed by atoms with Crippen molar-refractivity contribution >= 4 is 38.7 Å². The van der Waals surface area contributed by atoms with E-state index >= 15 is 0 Å². The molecule has 0 spiro atoms. The van der Waals surface area contributed by atoms with Crippen LogP contribution in [0, 0.1) is 0 Å². The lowest BCUT2D eigenvalue weighted by Gasteiger charge is -2.26. The standard InChI is InChI=1S/C17H22N2O4S2/c1-3-5-10-19(4-2)15-9-8-13(17(20)21)12-14(15)18-25(22,23)16-7-6-11-24-16/h6-9,11-12,18H,3-5,10H2,1-2H3,(H,20,21). The van der Waals surface area contributed by atoms with E-state index in [1.165, 1.54) is 18.2 Å². The summed E-state index contributed by atoms with van der Waals surface area (Å²) in [6.07, 6.45) is 1.98. The van der Waals surface area contributed by atoms with Crippen molar-refractivity contribution in [3.63, 3.8) is 0 Å².